The maximum absolute atomic E-state index is 14.2. The lowest BCUT2D eigenvalue weighted by atomic mass is 9.51. The molecule has 14 heteroatoms. The number of benzene rings is 2. The lowest BCUT2D eigenvalue weighted by molar-refractivity contribution is -0.241. The summed E-state index contributed by atoms with van der Waals surface area (Å²) in [4.78, 5) is 81.6. The SMILES string of the molecule is CC(=O)O[C@@H]1C2=C(C)[C@@H](OC(=O)[C@H](O)[C@@H](NC(=O)OC(C)(C)C)c3ccccc3)C[C@@](O)([C@@H](OC(=O)c3ccccc3)[C@H]3[C@@]1(C=O)[C@@H](C)CC[C@]3(C)OC(C)=O)C2(C)C. The first-order chi connectivity index (χ1) is 27.4. The molecule has 0 aromatic heterocycles. The molecule has 320 valence electrons. The summed E-state index contributed by atoms with van der Waals surface area (Å²) >= 11 is 0. The fourth-order valence-corrected chi connectivity index (χ4v) is 9.73. The fourth-order valence-electron chi connectivity index (χ4n) is 9.73. The molecule has 0 spiro atoms. The maximum atomic E-state index is 14.2. The topological polar surface area (TPSA) is 201 Å². The van der Waals surface area contributed by atoms with E-state index in [4.69, 9.17) is 23.7 Å². The number of esters is 4. The van der Waals surface area contributed by atoms with Crippen molar-refractivity contribution >= 4 is 36.3 Å². The van der Waals surface area contributed by atoms with E-state index in [1.54, 1.807) is 104 Å². The third kappa shape index (κ3) is 8.39. The lowest BCUT2D eigenvalue weighted by Gasteiger charge is -2.57. The molecule has 3 N–H and O–H groups in total. The Hall–Kier alpha value is -5.08. The molecule has 3 aliphatic carbocycles. The smallest absolute Gasteiger partial charge is 0.408 e. The van der Waals surface area contributed by atoms with Crippen LogP contribution in [0.5, 0.6) is 0 Å². The van der Waals surface area contributed by atoms with Gasteiger partial charge < -0.3 is 44.0 Å². The van der Waals surface area contributed by atoms with Gasteiger partial charge in [-0.25, -0.2) is 14.4 Å². The molecule has 0 aliphatic heterocycles. The number of aliphatic hydroxyl groups is 2. The molecule has 0 saturated heterocycles. The molecule has 3 aliphatic rings. The van der Waals surface area contributed by atoms with E-state index < -0.39 is 106 Å². The van der Waals surface area contributed by atoms with Gasteiger partial charge in [0.15, 0.2) is 6.10 Å². The van der Waals surface area contributed by atoms with Crippen LogP contribution in [0.15, 0.2) is 71.8 Å². The van der Waals surface area contributed by atoms with Crippen LogP contribution in [0.4, 0.5) is 4.79 Å². The number of aliphatic hydroxyl groups excluding tert-OH is 1. The normalized spacial score (nSPS) is 30.9. The van der Waals surface area contributed by atoms with E-state index in [0.29, 0.717) is 23.8 Å². The Kier molecular flexibility index (Phi) is 12.6. The Morgan fingerprint density at radius 2 is 1.49 bits per heavy atom. The summed E-state index contributed by atoms with van der Waals surface area (Å²) in [5.41, 5.74) is -6.97. The summed E-state index contributed by atoms with van der Waals surface area (Å²) in [7, 11) is 0. The average molecular weight is 820 g/mol. The second-order valence-corrected chi connectivity index (χ2v) is 17.9. The highest BCUT2D eigenvalue weighted by atomic mass is 16.6. The van der Waals surface area contributed by atoms with Crippen molar-refractivity contribution in [3.8, 4) is 0 Å². The summed E-state index contributed by atoms with van der Waals surface area (Å²) < 4.78 is 30.2. The predicted molar refractivity (Wildman–Crippen MR) is 212 cm³/mol. The Balaban J connectivity index is 1.72. The highest BCUT2D eigenvalue weighted by Crippen LogP contribution is 2.66. The first kappa shape index (κ1) is 45.0. The number of amides is 1. The van der Waals surface area contributed by atoms with Crippen LogP contribution < -0.4 is 5.32 Å². The van der Waals surface area contributed by atoms with Crippen LogP contribution in [-0.2, 0) is 42.9 Å². The number of aldehydes is 1. The van der Waals surface area contributed by atoms with E-state index in [1.807, 2.05) is 0 Å². The minimum atomic E-state index is -2.23. The molecular formula is C45H57NO13. The fraction of sp³-hybridized carbons (Fsp3) is 0.556. The number of rotatable bonds is 10. The average Bonchev–Trinajstić information content (AvgIpc) is 3.17. The zero-order valence-electron chi connectivity index (χ0n) is 35.4. The first-order valence-electron chi connectivity index (χ1n) is 19.9. The number of hydrogen-bond acceptors (Lipinski definition) is 13. The van der Waals surface area contributed by atoms with E-state index in [-0.39, 0.29) is 17.6 Å². The summed E-state index contributed by atoms with van der Waals surface area (Å²) in [5, 5.41) is 27.8. The number of carbonyl (C=O) groups excluding carboxylic acids is 6. The van der Waals surface area contributed by atoms with Gasteiger partial charge in [-0.15, -0.1) is 0 Å². The lowest BCUT2D eigenvalue weighted by Crippen LogP contribution is -2.68. The Morgan fingerprint density at radius 1 is 0.898 bits per heavy atom. The number of alkyl carbamates (subject to hydrolysis) is 1. The van der Waals surface area contributed by atoms with Crippen molar-refractivity contribution in [2.24, 2.45) is 22.7 Å². The van der Waals surface area contributed by atoms with E-state index >= 15 is 0 Å². The number of carbonyl (C=O) groups is 6. The second-order valence-electron chi connectivity index (χ2n) is 17.9. The van der Waals surface area contributed by atoms with Crippen LogP contribution in [0.25, 0.3) is 0 Å². The zero-order chi connectivity index (χ0) is 43.9. The molecule has 2 fully saturated rings. The van der Waals surface area contributed by atoms with Crippen molar-refractivity contribution in [3.63, 3.8) is 0 Å². The standard InChI is InChI=1S/C45H57NO13/c1-25-21-22-43(10,58-28(4)49)35-37(57-38(51)30-19-15-12-16-20-30)45(54)23-31(26(2)32(42(45,8)9)36(55-27(3)48)44(25,35)24-47)56-39(52)34(50)33(29-17-13-11-14-18-29)46-40(53)59-41(5,6)7/h11-20,24-25,31,33-37,50,54H,21-23H2,1-10H3,(H,46,53)/t25-,31-,33-,34+,35+,36+,37-,43-,44+,45+/m0/s1. The summed E-state index contributed by atoms with van der Waals surface area (Å²) in [5.74, 6) is -5.45. The third-order valence-corrected chi connectivity index (χ3v) is 12.5. The van der Waals surface area contributed by atoms with Crippen LogP contribution >= 0.6 is 0 Å². The van der Waals surface area contributed by atoms with Gasteiger partial charge in [-0.05, 0) is 82.2 Å². The highest BCUT2D eigenvalue weighted by Gasteiger charge is 2.75. The van der Waals surface area contributed by atoms with Gasteiger partial charge in [0.2, 0.25) is 0 Å². The van der Waals surface area contributed by atoms with Crippen LogP contribution in [0.2, 0.25) is 0 Å². The first-order valence-corrected chi connectivity index (χ1v) is 19.9. The van der Waals surface area contributed by atoms with Crippen molar-refractivity contribution in [2.45, 2.75) is 136 Å². The summed E-state index contributed by atoms with van der Waals surface area (Å²) in [6.45, 7) is 15.7. The van der Waals surface area contributed by atoms with E-state index in [0.717, 1.165) is 0 Å². The van der Waals surface area contributed by atoms with E-state index in [2.05, 4.69) is 5.32 Å². The molecule has 2 aromatic rings. The molecule has 0 heterocycles. The molecular weight excluding hydrogens is 762 g/mol. The van der Waals surface area contributed by atoms with Crippen LogP contribution in [0, 0.1) is 22.7 Å². The van der Waals surface area contributed by atoms with Crippen molar-refractivity contribution < 1.29 is 62.7 Å². The van der Waals surface area contributed by atoms with Crippen LogP contribution in [0.1, 0.15) is 110 Å². The molecule has 1 amide bonds. The van der Waals surface area contributed by atoms with Crippen molar-refractivity contribution in [1.29, 1.82) is 0 Å². The van der Waals surface area contributed by atoms with Crippen molar-refractivity contribution in [3.05, 3.63) is 82.9 Å². The van der Waals surface area contributed by atoms with E-state index in [1.165, 1.54) is 26.0 Å². The van der Waals surface area contributed by atoms with Gasteiger partial charge in [-0.1, -0.05) is 69.3 Å². The Bertz CT molecular complexity index is 1970. The molecule has 0 radical (unpaired) electrons. The van der Waals surface area contributed by atoms with Gasteiger partial charge in [-0.2, -0.15) is 0 Å². The van der Waals surface area contributed by atoms with Gasteiger partial charge in [0.05, 0.1) is 22.9 Å². The van der Waals surface area contributed by atoms with Crippen molar-refractivity contribution in [2.75, 3.05) is 0 Å². The molecule has 59 heavy (non-hydrogen) atoms. The van der Waals surface area contributed by atoms with Crippen LogP contribution in [-0.4, -0.2) is 87.7 Å². The third-order valence-electron chi connectivity index (χ3n) is 12.5. The number of ether oxygens (including phenoxy) is 5. The van der Waals surface area contributed by atoms with Gasteiger partial charge in [0, 0.05) is 25.7 Å². The molecule has 0 unspecified atom stereocenters. The second kappa shape index (κ2) is 16.5. The summed E-state index contributed by atoms with van der Waals surface area (Å²) in [6.07, 6.45) is -6.72. The number of fused-ring (bicyclic) bond motifs is 3. The molecule has 14 nitrogen and oxygen atoms in total. The zero-order valence-corrected chi connectivity index (χ0v) is 35.4. The molecule has 2 saturated carbocycles. The van der Waals surface area contributed by atoms with Gasteiger partial charge in [-0.3, -0.25) is 9.59 Å². The largest absolute Gasteiger partial charge is 0.459 e. The molecule has 5 rings (SSSR count). The predicted octanol–water partition coefficient (Wildman–Crippen LogP) is 5.73. The minimum Gasteiger partial charge on any atom is -0.459 e. The molecule has 10 atom stereocenters. The quantitative estimate of drug-likeness (QED) is 0.114. The summed E-state index contributed by atoms with van der Waals surface area (Å²) in [6, 6.07) is 14.9. The number of nitrogens with one attached hydrogen (secondary N) is 1. The van der Waals surface area contributed by atoms with Gasteiger partial charge in [0.25, 0.3) is 0 Å². The monoisotopic (exact) mass is 819 g/mol. The van der Waals surface area contributed by atoms with Gasteiger partial charge >= 0.3 is 30.0 Å². The minimum absolute atomic E-state index is 0.128. The Labute approximate surface area is 344 Å². The van der Waals surface area contributed by atoms with E-state index in [9.17, 15) is 39.0 Å². The number of hydrogen-bond donors (Lipinski definition) is 3. The Morgan fingerprint density at radius 3 is 2.03 bits per heavy atom. The molecule has 2 bridgehead atoms. The maximum Gasteiger partial charge on any atom is 0.408 e. The van der Waals surface area contributed by atoms with Gasteiger partial charge in [0.1, 0.15) is 41.4 Å². The van der Waals surface area contributed by atoms with Crippen LogP contribution in [0.3, 0.4) is 0 Å². The highest BCUT2D eigenvalue weighted by molar-refractivity contribution is 5.89. The van der Waals surface area contributed by atoms with Crippen molar-refractivity contribution in [1.82, 2.24) is 5.32 Å². The molecule has 2 aromatic carbocycles.